The fourth-order valence-electron chi connectivity index (χ4n) is 1.72. The zero-order valence-corrected chi connectivity index (χ0v) is 8.64. The molecule has 3 N–H and O–H groups in total. The second-order valence-electron chi connectivity index (χ2n) is 4.44. The van der Waals surface area contributed by atoms with Crippen LogP contribution in [0.3, 0.4) is 0 Å². The van der Waals surface area contributed by atoms with Crippen LogP contribution >= 0.6 is 0 Å². The van der Waals surface area contributed by atoms with Crippen LogP contribution in [0.15, 0.2) is 0 Å². The highest BCUT2D eigenvalue weighted by Gasteiger charge is 2.32. The van der Waals surface area contributed by atoms with E-state index in [0.717, 1.165) is 12.3 Å². The van der Waals surface area contributed by atoms with Gasteiger partial charge in [-0.05, 0) is 26.2 Å². The molecule has 0 radical (unpaired) electrons. The van der Waals surface area contributed by atoms with Crippen molar-refractivity contribution in [1.82, 2.24) is 5.32 Å². The average Bonchev–Trinajstić information content (AvgIpc) is 2.88. The summed E-state index contributed by atoms with van der Waals surface area (Å²) in [4.78, 5) is 0. The summed E-state index contributed by atoms with van der Waals surface area (Å²) in [5.41, 5.74) is 5.79. The quantitative estimate of drug-likeness (QED) is 0.622. The Balaban J connectivity index is 2.42. The molecule has 0 aromatic rings. The molecular weight excluding hydrogens is 160 g/mol. The van der Waals surface area contributed by atoms with E-state index in [1.807, 2.05) is 6.92 Å². The molecule has 0 saturated heterocycles. The molecule has 0 spiro atoms. The van der Waals surface area contributed by atoms with Gasteiger partial charge in [0, 0.05) is 12.1 Å². The van der Waals surface area contributed by atoms with Gasteiger partial charge in [-0.2, -0.15) is 0 Å². The van der Waals surface area contributed by atoms with Gasteiger partial charge >= 0.3 is 0 Å². The van der Waals surface area contributed by atoms with Gasteiger partial charge in [0.15, 0.2) is 0 Å². The van der Waals surface area contributed by atoms with Gasteiger partial charge in [0.1, 0.15) is 0 Å². The van der Waals surface area contributed by atoms with Crippen LogP contribution in [0, 0.1) is 18.3 Å². The normalized spacial score (nSPS) is 23.2. The highest BCUT2D eigenvalue weighted by Crippen LogP contribution is 2.36. The van der Waals surface area contributed by atoms with E-state index in [1.54, 1.807) is 0 Å². The van der Waals surface area contributed by atoms with E-state index in [0.29, 0.717) is 6.54 Å². The zero-order chi connectivity index (χ0) is 9.90. The van der Waals surface area contributed by atoms with Crippen LogP contribution in [-0.2, 0) is 0 Å². The molecule has 2 atom stereocenters. The summed E-state index contributed by atoms with van der Waals surface area (Å²) in [6.45, 7) is 4.83. The Morgan fingerprint density at radius 2 is 2.31 bits per heavy atom. The maximum Gasteiger partial charge on any atom is 0.0662 e. The Hall–Kier alpha value is -0.520. The van der Waals surface area contributed by atoms with Crippen LogP contribution in [0.25, 0.3) is 0 Å². The van der Waals surface area contributed by atoms with Gasteiger partial charge in [-0.3, -0.25) is 5.32 Å². The number of rotatable bonds is 5. The van der Waals surface area contributed by atoms with Crippen molar-refractivity contribution in [2.24, 2.45) is 11.7 Å². The smallest absolute Gasteiger partial charge is 0.0662 e. The topological polar surface area (TPSA) is 38.0 Å². The monoisotopic (exact) mass is 180 g/mol. The van der Waals surface area contributed by atoms with Crippen molar-refractivity contribution >= 4 is 0 Å². The maximum absolute atomic E-state index is 5.76. The summed E-state index contributed by atoms with van der Waals surface area (Å²) >= 11 is 0. The van der Waals surface area contributed by atoms with E-state index in [-0.39, 0.29) is 11.6 Å². The van der Waals surface area contributed by atoms with Crippen molar-refractivity contribution in [2.45, 2.75) is 44.7 Å². The molecule has 1 aliphatic rings. The van der Waals surface area contributed by atoms with Crippen molar-refractivity contribution < 1.29 is 0 Å². The Morgan fingerprint density at radius 1 is 1.69 bits per heavy atom. The maximum atomic E-state index is 5.76. The van der Waals surface area contributed by atoms with Crippen LogP contribution in [0.2, 0.25) is 0 Å². The van der Waals surface area contributed by atoms with E-state index in [2.05, 4.69) is 18.2 Å². The standard InChI is InChI=1S/C11H20N2/c1-4-9(2)13-11(3,8-12)7-10-5-6-10/h1,9-10,13H,5-8,12H2,2-3H3. The minimum Gasteiger partial charge on any atom is -0.329 e. The minimum absolute atomic E-state index is 0.0347. The van der Waals surface area contributed by atoms with Gasteiger partial charge in [-0.1, -0.05) is 18.8 Å². The molecule has 2 heteroatoms. The van der Waals surface area contributed by atoms with Crippen molar-refractivity contribution in [3.63, 3.8) is 0 Å². The molecule has 0 aromatic heterocycles. The van der Waals surface area contributed by atoms with Gasteiger partial charge in [-0.25, -0.2) is 0 Å². The van der Waals surface area contributed by atoms with Crippen molar-refractivity contribution in [1.29, 1.82) is 0 Å². The van der Waals surface area contributed by atoms with Crippen molar-refractivity contribution in [3.8, 4) is 12.3 Å². The first kappa shape index (κ1) is 10.6. The Labute approximate surface area is 81.3 Å². The second-order valence-corrected chi connectivity index (χ2v) is 4.44. The molecule has 1 fully saturated rings. The van der Waals surface area contributed by atoms with E-state index < -0.39 is 0 Å². The highest BCUT2D eigenvalue weighted by atomic mass is 15.0. The predicted octanol–water partition coefficient (Wildman–Crippen LogP) is 1.12. The number of hydrogen-bond acceptors (Lipinski definition) is 2. The average molecular weight is 180 g/mol. The van der Waals surface area contributed by atoms with Gasteiger partial charge in [0.05, 0.1) is 6.04 Å². The summed E-state index contributed by atoms with van der Waals surface area (Å²) < 4.78 is 0. The number of terminal acetylenes is 1. The number of hydrogen-bond donors (Lipinski definition) is 2. The Morgan fingerprint density at radius 3 is 2.69 bits per heavy atom. The third-order valence-corrected chi connectivity index (χ3v) is 2.70. The largest absolute Gasteiger partial charge is 0.329 e. The predicted molar refractivity (Wildman–Crippen MR) is 56.2 cm³/mol. The van der Waals surface area contributed by atoms with Gasteiger partial charge < -0.3 is 5.73 Å². The van der Waals surface area contributed by atoms with Gasteiger partial charge in [-0.15, -0.1) is 6.42 Å². The Bertz CT molecular complexity index is 203. The van der Waals surface area contributed by atoms with Gasteiger partial charge in [0.25, 0.3) is 0 Å². The van der Waals surface area contributed by atoms with E-state index in [1.165, 1.54) is 12.8 Å². The molecular formula is C11H20N2. The molecule has 0 amide bonds. The molecule has 1 saturated carbocycles. The molecule has 74 valence electrons. The summed E-state index contributed by atoms with van der Waals surface area (Å²) in [6.07, 6.45) is 9.21. The molecule has 0 bridgehead atoms. The van der Waals surface area contributed by atoms with E-state index in [4.69, 9.17) is 12.2 Å². The van der Waals surface area contributed by atoms with Crippen LogP contribution < -0.4 is 11.1 Å². The first-order valence-electron chi connectivity index (χ1n) is 5.03. The minimum atomic E-state index is 0.0347. The van der Waals surface area contributed by atoms with Crippen LogP contribution in [0.4, 0.5) is 0 Å². The molecule has 2 unspecified atom stereocenters. The van der Waals surface area contributed by atoms with E-state index in [9.17, 15) is 0 Å². The molecule has 2 nitrogen and oxygen atoms in total. The first-order valence-corrected chi connectivity index (χ1v) is 5.03. The van der Waals surface area contributed by atoms with Crippen LogP contribution in [0.1, 0.15) is 33.1 Å². The lowest BCUT2D eigenvalue weighted by Gasteiger charge is -2.31. The fourth-order valence-corrected chi connectivity index (χ4v) is 1.72. The SMILES string of the molecule is C#CC(C)NC(C)(CN)CC1CC1. The number of nitrogens with one attached hydrogen (secondary N) is 1. The van der Waals surface area contributed by atoms with Crippen LogP contribution in [-0.4, -0.2) is 18.1 Å². The lowest BCUT2D eigenvalue weighted by Crippen LogP contribution is -2.52. The van der Waals surface area contributed by atoms with E-state index >= 15 is 0 Å². The van der Waals surface area contributed by atoms with Crippen molar-refractivity contribution in [2.75, 3.05) is 6.54 Å². The molecule has 0 heterocycles. The zero-order valence-electron chi connectivity index (χ0n) is 8.64. The molecule has 13 heavy (non-hydrogen) atoms. The summed E-state index contributed by atoms with van der Waals surface area (Å²) in [7, 11) is 0. The van der Waals surface area contributed by atoms with Crippen LogP contribution in [0.5, 0.6) is 0 Å². The molecule has 0 aromatic carbocycles. The summed E-state index contributed by atoms with van der Waals surface area (Å²) in [6, 6.07) is 0.118. The first-order chi connectivity index (χ1) is 6.09. The highest BCUT2D eigenvalue weighted by molar-refractivity contribution is 5.01. The van der Waals surface area contributed by atoms with Crippen molar-refractivity contribution in [3.05, 3.63) is 0 Å². The number of nitrogens with two attached hydrogens (primary N) is 1. The molecule has 0 aliphatic heterocycles. The van der Waals surface area contributed by atoms with Gasteiger partial charge in [0.2, 0.25) is 0 Å². The molecule has 1 rings (SSSR count). The summed E-state index contributed by atoms with van der Waals surface area (Å²) in [5, 5.41) is 3.40. The molecule has 1 aliphatic carbocycles. The summed E-state index contributed by atoms with van der Waals surface area (Å²) in [5.74, 6) is 3.56. The third kappa shape index (κ3) is 3.38. The third-order valence-electron chi connectivity index (χ3n) is 2.70. The second kappa shape index (κ2) is 4.13. The lowest BCUT2D eigenvalue weighted by atomic mass is 9.94. The lowest BCUT2D eigenvalue weighted by molar-refractivity contribution is 0.312. The fraction of sp³-hybridized carbons (Fsp3) is 0.818. The Kier molecular flexibility index (Phi) is 3.35.